The molecule has 6 nitrogen and oxygen atoms in total. The van der Waals surface area contributed by atoms with E-state index in [4.69, 9.17) is 10.8 Å². The molecular weight excluding hydrogens is 248 g/mol. The average Bonchev–Trinajstić information content (AvgIpc) is 2.25. The van der Waals surface area contributed by atoms with Crippen molar-refractivity contribution in [1.82, 2.24) is 5.32 Å². The molecule has 112 valence electrons. The Balaban J connectivity index is 4.50. The molecule has 0 saturated carbocycles. The van der Waals surface area contributed by atoms with Gasteiger partial charge in [-0.3, -0.25) is 4.79 Å². The number of amides is 1. The summed E-state index contributed by atoms with van der Waals surface area (Å²) in [4.78, 5) is 22.8. The Bertz CT molecular complexity index is 305. The summed E-state index contributed by atoms with van der Waals surface area (Å²) >= 11 is 0. The molecule has 1 amide bonds. The lowest BCUT2D eigenvalue weighted by molar-refractivity contribution is -0.144. The minimum absolute atomic E-state index is 0.128. The van der Waals surface area contributed by atoms with E-state index in [2.05, 4.69) is 5.32 Å². The van der Waals surface area contributed by atoms with Crippen molar-refractivity contribution >= 4 is 11.9 Å². The van der Waals surface area contributed by atoms with E-state index < -0.39 is 30.1 Å². The molecule has 0 saturated heterocycles. The molecule has 6 heteroatoms. The Labute approximate surface area is 114 Å². The SMILES string of the molecule is CC(C)C[C@H](NC(=O)[C@H](O)[C@@H](N)CC(C)C)C(=O)O. The highest BCUT2D eigenvalue weighted by molar-refractivity contribution is 5.86. The van der Waals surface area contributed by atoms with Crippen LogP contribution in [0.25, 0.3) is 0 Å². The topological polar surface area (TPSA) is 113 Å². The van der Waals surface area contributed by atoms with Gasteiger partial charge in [0.25, 0.3) is 5.91 Å². The van der Waals surface area contributed by atoms with Crippen LogP contribution < -0.4 is 11.1 Å². The molecule has 0 aromatic heterocycles. The van der Waals surface area contributed by atoms with E-state index >= 15 is 0 Å². The first-order chi connectivity index (χ1) is 8.65. The third kappa shape index (κ3) is 7.12. The van der Waals surface area contributed by atoms with Gasteiger partial charge in [0.1, 0.15) is 12.1 Å². The number of nitrogens with two attached hydrogens (primary N) is 1. The molecule has 0 rings (SSSR count). The van der Waals surface area contributed by atoms with Crippen LogP contribution in [0, 0.1) is 11.8 Å². The first-order valence-electron chi connectivity index (χ1n) is 6.62. The van der Waals surface area contributed by atoms with Crippen LogP contribution in [0.4, 0.5) is 0 Å². The first-order valence-corrected chi connectivity index (χ1v) is 6.62. The molecule has 0 aliphatic carbocycles. The molecule has 3 atom stereocenters. The number of aliphatic hydroxyl groups excluding tert-OH is 1. The van der Waals surface area contributed by atoms with Gasteiger partial charge in [0, 0.05) is 6.04 Å². The van der Waals surface area contributed by atoms with Crippen molar-refractivity contribution in [3.63, 3.8) is 0 Å². The molecule has 0 unspecified atom stereocenters. The van der Waals surface area contributed by atoms with E-state index in [1.165, 1.54) is 0 Å². The molecule has 0 fully saturated rings. The highest BCUT2D eigenvalue weighted by atomic mass is 16.4. The summed E-state index contributed by atoms with van der Waals surface area (Å²) in [5.41, 5.74) is 5.71. The summed E-state index contributed by atoms with van der Waals surface area (Å²) < 4.78 is 0. The van der Waals surface area contributed by atoms with Gasteiger partial charge in [-0.25, -0.2) is 4.79 Å². The summed E-state index contributed by atoms with van der Waals surface area (Å²) in [5, 5.41) is 21.1. The van der Waals surface area contributed by atoms with Gasteiger partial charge in [0.05, 0.1) is 0 Å². The molecule has 0 aliphatic rings. The first kappa shape index (κ1) is 17.9. The lowest BCUT2D eigenvalue weighted by Gasteiger charge is -2.23. The summed E-state index contributed by atoms with van der Waals surface area (Å²) in [6, 6.07) is -1.68. The third-order valence-corrected chi connectivity index (χ3v) is 2.74. The van der Waals surface area contributed by atoms with Gasteiger partial charge < -0.3 is 21.3 Å². The van der Waals surface area contributed by atoms with Crippen LogP contribution in [-0.4, -0.2) is 40.3 Å². The lowest BCUT2D eigenvalue weighted by Crippen LogP contribution is -2.51. The van der Waals surface area contributed by atoms with Crippen LogP contribution in [0.2, 0.25) is 0 Å². The van der Waals surface area contributed by atoms with Crippen molar-refractivity contribution in [3.8, 4) is 0 Å². The Hall–Kier alpha value is -1.14. The molecule has 0 bridgehead atoms. The van der Waals surface area contributed by atoms with Crippen molar-refractivity contribution in [2.45, 2.75) is 58.7 Å². The Morgan fingerprint density at radius 1 is 1.11 bits per heavy atom. The zero-order valence-electron chi connectivity index (χ0n) is 12.1. The molecular formula is C13H26N2O4. The predicted octanol–water partition coefficient (Wildman–Crippen LogP) is 0.336. The number of rotatable bonds is 8. The standard InChI is InChI=1S/C13H26N2O4/c1-7(2)5-9(14)11(16)12(17)15-10(13(18)19)6-8(3)4/h7-11,16H,5-6,14H2,1-4H3,(H,15,17)(H,18,19)/t9-,10-,11+/m0/s1. The van der Waals surface area contributed by atoms with E-state index in [0.29, 0.717) is 12.8 Å². The molecule has 0 radical (unpaired) electrons. The number of carbonyl (C=O) groups is 2. The molecule has 19 heavy (non-hydrogen) atoms. The minimum atomic E-state index is -1.38. The molecule has 0 aliphatic heterocycles. The molecule has 0 heterocycles. The Morgan fingerprint density at radius 3 is 1.95 bits per heavy atom. The smallest absolute Gasteiger partial charge is 0.326 e. The second kappa shape index (κ2) is 8.12. The van der Waals surface area contributed by atoms with Crippen molar-refractivity contribution in [3.05, 3.63) is 0 Å². The zero-order chi connectivity index (χ0) is 15.2. The van der Waals surface area contributed by atoms with Crippen LogP contribution in [0.5, 0.6) is 0 Å². The summed E-state index contributed by atoms with van der Waals surface area (Å²) in [7, 11) is 0. The van der Waals surface area contributed by atoms with E-state index in [1.807, 2.05) is 27.7 Å². The summed E-state index contributed by atoms with van der Waals surface area (Å²) in [5.74, 6) is -1.45. The van der Waals surface area contributed by atoms with Gasteiger partial charge >= 0.3 is 5.97 Å². The second-order valence-corrected chi connectivity index (χ2v) is 5.77. The maximum atomic E-state index is 11.8. The maximum absolute atomic E-state index is 11.8. The van der Waals surface area contributed by atoms with Gasteiger partial charge in [0.15, 0.2) is 0 Å². The van der Waals surface area contributed by atoms with Gasteiger partial charge in [-0.1, -0.05) is 27.7 Å². The summed E-state index contributed by atoms with van der Waals surface area (Å²) in [6.07, 6.45) is -0.569. The average molecular weight is 274 g/mol. The molecule has 0 aromatic rings. The lowest BCUT2D eigenvalue weighted by atomic mass is 9.98. The van der Waals surface area contributed by atoms with Gasteiger partial charge in [-0.2, -0.15) is 0 Å². The fourth-order valence-corrected chi connectivity index (χ4v) is 1.82. The predicted molar refractivity (Wildman–Crippen MR) is 72.5 cm³/mol. The highest BCUT2D eigenvalue weighted by Crippen LogP contribution is 2.08. The zero-order valence-corrected chi connectivity index (χ0v) is 12.1. The monoisotopic (exact) mass is 274 g/mol. The van der Waals surface area contributed by atoms with Crippen LogP contribution in [0.15, 0.2) is 0 Å². The van der Waals surface area contributed by atoms with Crippen LogP contribution in [-0.2, 0) is 9.59 Å². The maximum Gasteiger partial charge on any atom is 0.326 e. The number of carboxylic acids is 1. The summed E-state index contributed by atoms with van der Waals surface area (Å²) in [6.45, 7) is 7.60. The van der Waals surface area contributed by atoms with E-state index in [9.17, 15) is 14.7 Å². The Morgan fingerprint density at radius 2 is 1.58 bits per heavy atom. The van der Waals surface area contributed by atoms with Gasteiger partial charge in [0.2, 0.25) is 0 Å². The van der Waals surface area contributed by atoms with E-state index in [1.54, 1.807) is 0 Å². The highest BCUT2D eigenvalue weighted by Gasteiger charge is 2.28. The number of hydrogen-bond acceptors (Lipinski definition) is 4. The van der Waals surface area contributed by atoms with Gasteiger partial charge in [-0.05, 0) is 24.7 Å². The van der Waals surface area contributed by atoms with Crippen molar-refractivity contribution in [2.24, 2.45) is 17.6 Å². The largest absolute Gasteiger partial charge is 0.480 e. The minimum Gasteiger partial charge on any atom is -0.480 e. The van der Waals surface area contributed by atoms with Crippen molar-refractivity contribution in [1.29, 1.82) is 0 Å². The number of nitrogens with one attached hydrogen (secondary N) is 1. The van der Waals surface area contributed by atoms with Crippen molar-refractivity contribution in [2.75, 3.05) is 0 Å². The number of aliphatic hydroxyl groups is 1. The van der Waals surface area contributed by atoms with E-state index in [0.717, 1.165) is 0 Å². The normalized spacial score (nSPS) is 16.2. The molecule has 0 spiro atoms. The molecule has 0 aromatic carbocycles. The number of hydrogen-bond donors (Lipinski definition) is 4. The second-order valence-electron chi connectivity index (χ2n) is 5.77. The number of aliphatic carboxylic acids is 1. The van der Waals surface area contributed by atoms with Crippen LogP contribution in [0.3, 0.4) is 0 Å². The number of carboxylic acid groups (broad SMARTS) is 1. The molecule has 5 N–H and O–H groups in total. The number of carbonyl (C=O) groups excluding carboxylic acids is 1. The van der Waals surface area contributed by atoms with Crippen LogP contribution in [0.1, 0.15) is 40.5 Å². The van der Waals surface area contributed by atoms with E-state index in [-0.39, 0.29) is 11.8 Å². The third-order valence-electron chi connectivity index (χ3n) is 2.74. The van der Waals surface area contributed by atoms with Crippen LogP contribution >= 0.6 is 0 Å². The fraction of sp³-hybridized carbons (Fsp3) is 0.846. The quantitative estimate of drug-likeness (QED) is 0.509. The van der Waals surface area contributed by atoms with Gasteiger partial charge in [-0.15, -0.1) is 0 Å². The fourth-order valence-electron chi connectivity index (χ4n) is 1.82. The van der Waals surface area contributed by atoms with Crippen molar-refractivity contribution < 1.29 is 19.8 Å². The Kier molecular flexibility index (Phi) is 7.63.